The molecule has 0 atom stereocenters. The zero-order chi connectivity index (χ0) is 11.7. The first-order chi connectivity index (χ1) is 7.61. The van der Waals surface area contributed by atoms with Crippen LogP contribution in [-0.2, 0) is 0 Å². The molecule has 0 saturated heterocycles. The molecule has 2 aromatic rings. The van der Waals surface area contributed by atoms with E-state index in [-0.39, 0.29) is 17.0 Å². The quantitative estimate of drug-likeness (QED) is 0.682. The van der Waals surface area contributed by atoms with Gasteiger partial charge in [-0.3, -0.25) is 4.79 Å². The van der Waals surface area contributed by atoms with Crippen LogP contribution in [0.4, 0.5) is 10.1 Å². The van der Waals surface area contributed by atoms with Crippen LogP contribution in [0.1, 0.15) is 15.2 Å². The molecule has 2 rings (SSSR count). The lowest BCUT2D eigenvalue weighted by atomic mass is 10.1. The molecule has 2 N–H and O–H groups in total. The van der Waals surface area contributed by atoms with Crippen LogP contribution < -0.4 is 5.73 Å². The fourth-order valence-corrected chi connectivity index (χ4v) is 2.82. The van der Waals surface area contributed by atoms with Crippen molar-refractivity contribution in [3.63, 3.8) is 0 Å². The van der Waals surface area contributed by atoms with Crippen molar-refractivity contribution < 1.29 is 9.18 Å². The SMILES string of the molecule is Nc1c(F)cccc1C(=O)c1sccc1Br. The maximum atomic E-state index is 13.2. The number of anilines is 1. The molecule has 2 nitrogen and oxygen atoms in total. The molecule has 0 aliphatic heterocycles. The average Bonchev–Trinajstić information content (AvgIpc) is 2.68. The lowest BCUT2D eigenvalue weighted by Gasteiger charge is -2.04. The highest BCUT2D eigenvalue weighted by Crippen LogP contribution is 2.28. The predicted molar refractivity (Wildman–Crippen MR) is 66.3 cm³/mol. The fourth-order valence-electron chi connectivity index (χ4n) is 1.31. The number of rotatable bonds is 2. The van der Waals surface area contributed by atoms with Crippen LogP contribution in [0.15, 0.2) is 34.1 Å². The Balaban J connectivity index is 2.50. The number of nitrogen functional groups attached to an aromatic ring is 1. The van der Waals surface area contributed by atoms with E-state index in [2.05, 4.69) is 15.9 Å². The molecule has 0 spiro atoms. The van der Waals surface area contributed by atoms with Crippen molar-refractivity contribution in [2.45, 2.75) is 0 Å². The van der Waals surface area contributed by atoms with E-state index in [0.717, 1.165) is 0 Å². The van der Waals surface area contributed by atoms with Gasteiger partial charge in [0, 0.05) is 10.0 Å². The topological polar surface area (TPSA) is 43.1 Å². The Morgan fingerprint density at radius 2 is 2.12 bits per heavy atom. The van der Waals surface area contributed by atoms with Gasteiger partial charge in [0.05, 0.1) is 10.6 Å². The van der Waals surface area contributed by atoms with Gasteiger partial charge in [-0.15, -0.1) is 11.3 Å². The Morgan fingerprint density at radius 3 is 2.75 bits per heavy atom. The van der Waals surface area contributed by atoms with Gasteiger partial charge >= 0.3 is 0 Å². The van der Waals surface area contributed by atoms with Gasteiger partial charge in [0.1, 0.15) is 5.82 Å². The van der Waals surface area contributed by atoms with E-state index in [4.69, 9.17) is 5.73 Å². The molecule has 16 heavy (non-hydrogen) atoms. The first-order valence-electron chi connectivity index (χ1n) is 4.43. The largest absolute Gasteiger partial charge is 0.396 e. The molecule has 0 amide bonds. The summed E-state index contributed by atoms with van der Waals surface area (Å²) in [6.45, 7) is 0. The summed E-state index contributed by atoms with van der Waals surface area (Å²) in [6, 6.07) is 6.00. The first-order valence-corrected chi connectivity index (χ1v) is 6.10. The molecule has 1 heterocycles. The molecule has 0 aliphatic rings. The minimum absolute atomic E-state index is 0.104. The summed E-state index contributed by atoms with van der Waals surface area (Å²) in [4.78, 5) is 12.6. The number of para-hydroxylation sites is 1. The average molecular weight is 300 g/mol. The highest BCUT2D eigenvalue weighted by atomic mass is 79.9. The number of hydrogen-bond donors (Lipinski definition) is 1. The molecule has 82 valence electrons. The number of thiophene rings is 1. The lowest BCUT2D eigenvalue weighted by molar-refractivity contribution is 0.104. The first kappa shape index (κ1) is 11.3. The number of carbonyl (C=O) groups excluding carboxylic acids is 1. The molecule has 5 heteroatoms. The molecule has 0 radical (unpaired) electrons. The van der Waals surface area contributed by atoms with Crippen molar-refractivity contribution in [2.75, 3.05) is 5.73 Å². The standard InChI is InChI=1S/C11H7BrFNOS/c12-7-4-5-16-11(7)10(15)6-2-1-3-8(13)9(6)14/h1-5H,14H2. The molecular weight excluding hydrogens is 293 g/mol. The zero-order valence-corrected chi connectivity index (χ0v) is 10.4. The Bertz CT molecular complexity index is 553. The van der Waals surface area contributed by atoms with Crippen molar-refractivity contribution >= 4 is 38.7 Å². The van der Waals surface area contributed by atoms with E-state index in [1.165, 1.54) is 29.5 Å². The van der Waals surface area contributed by atoms with Gasteiger partial charge in [-0.05, 0) is 39.5 Å². The van der Waals surface area contributed by atoms with Crippen LogP contribution in [0.5, 0.6) is 0 Å². The number of carbonyl (C=O) groups is 1. The van der Waals surface area contributed by atoms with Gasteiger partial charge in [0.15, 0.2) is 0 Å². The van der Waals surface area contributed by atoms with Gasteiger partial charge in [-0.2, -0.15) is 0 Å². The van der Waals surface area contributed by atoms with E-state index in [1.54, 1.807) is 11.4 Å². The summed E-state index contributed by atoms with van der Waals surface area (Å²) in [5.74, 6) is -0.836. The number of ketones is 1. The van der Waals surface area contributed by atoms with E-state index in [0.29, 0.717) is 9.35 Å². The van der Waals surface area contributed by atoms with Gasteiger partial charge in [0.25, 0.3) is 0 Å². The Kier molecular flexibility index (Phi) is 3.07. The maximum Gasteiger partial charge on any atom is 0.206 e. The smallest absolute Gasteiger partial charge is 0.206 e. The minimum atomic E-state index is -0.571. The lowest BCUT2D eigenvalue weighted by Crippen LogP contribution is -2.05. The number of nitrogens with two attached hydrogens (primary N) is 1. The van der Waals surface area contributed by atoms with Crippen molar-refractivity contribution in [1.29, 1.82) is 0 Å². The second-order valence-electron chi connectivity index (χ2n) is 3.13. The summed E-state index contributed by atoms with van der Waals surface area (Å²) < 4.78 is 13.9. The third-order valence-electron chi connectivity index (χ3n) is 2.12. The Labute approximate surface area is 104 Å². The molecule has 0 fully saturated rings. The van der Waals surface area contributed by atoms with Crippen LogP contribution in [0.25, 0.3) is 0 Å². The van der Waals surface area contributed by atoms with Crippen LogP contribution in [0, 0.1) is 5.82 Å². The molecular formula is C11H7BrFNOS. The monoisotopic (exact) mass is 299 g/mol. The number of halogens is 2. The second kappa shape index (κ2) is 4.35. The molecule has 1 aromatic carbocycles. The summed E-state index contributed by atoms with van der Waals surface area (Å²) in [5.41, 5.74) is 5.63. The number of benzene rings is 1. The van der Waals surface area contributed by atoms with Crippen LogP contribution in [-0.4, -0.2) is 5.78 Å². The Morgan fingerprint density at radius 1 is 1.38 bits per heavy atom. The van der Waals surface area contributed by atoms with Gasteiger partial charge in [0.2, 0.25) is 5.78 Å². The third kappa shape index (κ3) is 1.88. The summed E-state index contributed by atoms with van der Waals surface area (Å²) >= 11 is 4.55. The van der Waals surface area contributed by atoms with E-state index in [9.17, 15) is 9.18 Å². The molecule has 0 saturated carbocycles. The second-order valence-corrected chi connectivity index (χ2v) is 4.90. The summed E-state index contributed by atoms with van der Waals surface area (Å²) in [5, 5.41) is 1.78. The fraction of sp³-hybridized carbons (Fsp3) is 0. The molecule has 0 unspecified atom stereocenters. The van der Waals surface area contributed by atoms with Crippen LogP contribution in [0.2, 0.25) is 0 Å². The summed E-state index contributed by atoms with van der Waals surface area (Å²) in [6.07, 6.45) is 0. The van der Waals surface area contributed by atoms with E-state index >= 15 is 0 Å². The highest BCUT2D eigenvalue weighted by Gasteiger charge is 2.17. The number of hydrogen-bond acceptors (Lipinski definition) is 3. The normalized spacial score (nSPS) is 10.4. The van der Waals surface area contributed by atoms with E-state index < -0.39 is 5.82 Å². The summed E-state index contributed by atoms with van der Waals surface area (Å²) in [7, 11) is 0. The Hall–Kier alpha value is -1.20. The maximum absolute atomic E-state index is 13.2. The van der Waals surface area contributed by atoms with Gasteiger partial charge < -0.3 is 5.73 Å². The predicted octanol–water partition coefficient (Wildman–Crippen LogP) is 3.46. The van der Waals surface area contributed by atoms with Crippen molar-refractivity contribution in [1.82, 2.24) is 0 Å². The molecule has 1 aromatic heterocycles. The highest BCUT2D eigenvalue weighted by molar-refractivity contribution is 9.10. The third-order valence-corrected chi connectivity index (χ3v) is 3.96. The molecule has 0 bridgehead atoms. The van der Waals surface area contributed by atoms with Crippen LogP contribution >= 0.6 is 27.3 Å². The van der Waals surface area contributed by atoms with Crippen LogP contribution in [0.3, 0.4) is 0 Å². The van der Waals surface area contributed by atoms with Crippen molar-refractivity contribution in [2.24, 2.45) is 0 Å². The van der Waals surface area contributed by atoms with Gasteiger partial charge in [-0.25, -0.2) is 4.39 Å². The van der Waals surface area contributed by atoms with Crippen molar-refractivity contribution in [3.8, 4) is 0 Å². The van der Waals surface area contributed by atoms with Gasteiger partial charge in [-0.1, -0.05) is 6.07 Å². The molecule has 0 aliphatic carbocycles. The van der Waals surface area contributed by atoms with E-state index in [1.807, 2.05) is 0 Å². The van der Waals surface area contributed by atoms with Crippen molar-refractivity contribution in [3.05, 3.63) is 50.4 Å². The minimum Gasteiger partial charge on any atom is -0.396 e. The zero-order valence-electron chi connectivity index (χ0n) is 8.04.